The Balaban J connectivity index is 0. The summed E-state index contributed by atoms with van der Waals surface area (Å²) >= 11 is 0. The van der Waals surface area contributed by atoms with E-state index in [0.29, 0.717) is 10.5 Å². The first-order valence-corrected chi connectivity index (χ1v) is 1.67. The summed E-state index contributed by atoms with van der Waals surface area (Å²) in [5, 5.41) is 0. The molecule has 0 aliphatic carbocycles. The summed E-state index contributed by atoms with van der Waals surface area (Å²) in [5.41, 5.74) is 0. The van der Waals surface area contributed by atoms with Gasteiger partial charge in [0, 0.05) is 0 Å². The van der Waals surface area contributed by atoms with Crippen LogP contribution in [0.25, 0.3) is 0 Å². The summed E-state index contributed by atoms with van der Waals surface area (Å²) in [6.45, 7) is 0. The molecule has 0 radical (unpaired) electrons. The highest BCUT2D eigenvalue weighted by atomic mass is 28.2. The fraction of sp³-hybridized carbons (Fsp3) is 0. The van der Waals surface area contributed by atoms with Gasteiger partial charge in [0.05, 0.1) is 0 Å². The van der Waals surface area contributed by atoms with Gasteiger partial charge in [0.15, 0.2) is 0 Å². The second-order valence-electron chi connectivity index (χ2n) is 0. The molecule has 0 atom stereocenters. The van der Waals surface area contributed by atoms with Gasteiger partial charge in [0.2, 0.25) is 0 Å². The first-order chi connectivity index (χ1) is 2.00. The Kier molecular flexibility index (Phi) is 277. The zero-order chi connectivity index (χ0) is 4.00. The van der Waals surface area contributed by atoms with Gasteiger partial charge in [-0.3, -0.25) is 0 Å². The number of terminal acetylenes is 1. The Labute approximate surface area is 29.2 Å². The maximum absolute atomic E-state index is 7.14. The molecule has 0 heterocycles. The molecule has 0 aromatic carbocycles. The normalized spacial score (nSPS) is 2.75. The van der Waals surface area contributed by atoms with Crippen LogP contribution in [0.1, 0.15) is 0 Å². The molecule has 0 aliphatic rings. The van der Waals surface area contributed by atoms with Gasteiger partial charge in [-0.05, 0) is 0 Å². The molecule has 0 saturated carbocycles. The molecule has 1 N–H and O–H groups in total. The predicted octanol–water partition coefficient (Wildman–Crippen LogP) is -1.49. The Morgan fingerprint density at radius 2 is 1.25 bits per heavy atom. The molecule has 1 nitrogen and oxygen atoms in total. The molecule has 0 aromatic rings. The van der Waals surface area contributed by atoms with Gasteiger partial charge in [0.25, 0.3) is 0 Å². The molecule has 24 valence electrons. The fourth-order valence-corrected chi connectivity index (χ4v) is 0. The quantitative estimate of drug-likeness (QED) is 0.274. The maximum Gasteiger partial charge on any atom is 0.141 e. The molecule has 0 unspecified atom stereocenters. The van der Waals surface area contributed by atoms with Gasteiger partial charge in [-0.1, -0.05) is 0 Å². The Bertz CT molecular complexity index is 10.8. The lowest BCUT2D eigenvalue weighted by Crippen LogP contribution is -1.34. The highest BCUT2D eigenvalue weighted by Gasteiger charge is 0.891. The largest absolute Gasteiger partial charge is 0.442 e. The standard InChI is InChI=1S/C2H2.H4OSi/c2*1-2/h1-2H;1H,2H3. The number of rotatable bonds is 0. The summed E-state index contributed by atoms with van der Waals surface area (Å²) in [4.78, 5) is 7.14. The number of hydrogen-bond donors (Lipinski definition) is 1. The van der Waals surface area contributed by atoms with Gasteiger partial charge in [-0.25, -0.2) is 0 Å². The zero-order valence-corrected chi connectivity index (χ0v) is 4.60. The van der Waals surface area contributed by atoms with E-state index >= 15 is 0 Å². The van der Waals surface area contributed by atoms with Crippen molar-refractivity contribution >= 4 is 10.5 Å². The van der Waals surface area contributed by atoms with Crippen molar-refractivity contribution < 1.29 is 4.80 Å². The van der Waals surface area contributed by atoms with Crippen LogP contribution in [0.5, 0.6) is 0 Å². The molecule has 0 rings (SSSR count). The molecule has 0 fully saturated rings. The van der Waals surface area contributed by atoms with Crippen LogP contribution in [-0.4, -0.2) is 15.3 Å². The summed E-state index contributed by atoms with van der Waals surface area (Å²) < 4.78 is 0. The van der Waals surface area contributed by atoms with Gasteiger partial charge < -0.3 is 4.80 Å². The van der Waals surface area contributed by atoms with Crippen molar-refractivity contribution in [2.45, 2.75) is 0 Å². The van der Waals surface area contributed by atoms with E-state index in [9.17, 15) is 0 Å². The average molecular weight is 74.2 g/mol. The van der Waals surface area contributed by atoms with Crippen LogP contribution >= 0.6 is 0 Å². The highest BCUT2D eigenvalue weighted by molar-refractivity contribution is 5.95. The molecule has 2 heteroatoms. The molecular weight excluding hydrogens is 68.1 g/mol. The van der Waals surface area contributed by atoms with Gasteiger partial charge in [0.1, 0.15) is 10.5 Å². The van der Waals surface area contributed by atoms with E-state index in [2.05, 4.69) is 12.8 Å². The summed E-state index contributed by atoms with van der Waals surface area (Å²) in [5.74, 6) is 0. The fourth-order valence-electron chi connectivity index (χ4n) is 0. The lowest BCUT2D eigenvalue weighted by Gasteiger charge is -1.19. The van der Waals surface area contributed by atoms with Gasteiger partial charge >= 0.3 is 0 Å². The van der Waals surface area contributed by atoms with Crippen LogP contribution in [0.15, 0.2) is 0 Å². The molecule has 0 saturated heterocycles. The second-order valence-corrected chi connectivity index (χ2v) is 0. The topological polar surface area (TPSA) is 20.2 Å². The lowest BCUT2D eigenvalue weighted by atomic mass is 11.4. The smallest absolute Gasteiger partial charge is 0.141 e. The molecule has 0 bridgehead atoms. The third-order valence-corrected chi connectivity index (χ3v) is 0. The van der Waals surface area contributed by atoms with Crippen molar-refractivity contribution in [3.05, 3.63) is 0 Å². The summed E-state index contributed by atoms with van der Waals surface area (Å²) in [6.07, 6.45) is 8.00. The maximum atomic E-state index is 7.14. The van der Waals surface area contributed by atoms with Crippen molar-refractivity contribution in [3.63, 3.8) is 0 Å². The predicted molar refractivity (Wildman–Crippen MR) is 22.0 cm³/mol. The molecule has 0 aliphatic heterocycles. The Hall–Kier alpha value is -0.263. The van der Waals surface area contributed by atoms with Gasteiger partial charge in [-0.15, -0.1) is 12.8 Å². The molecule has 0 amide bonds. The molecular formula is C2H6OSi. The SMILES string of the molecule is C#C.O[SiH3]. The highest BCUT2D eigenvalue weighted by Crippen LogP contribution is 0.666. The van der Waals surface area contributed by atoms with Crippen LogP contribution in [0, 0.1) is 12.8 Å². The minimum absolute atomic E-state index is 0.306. The molecule has 4 heavy (non-hydrogen) atoms. The Morgan fingerprint density at radius 1 is 1.25 bits per heavy atom. The summed E-state index contributed by atoms with van der Waals surface area (Å²) in [6, 6.07) is 0. The van der Waals surface area contributed by atoms with Crippen molar-refractivity contribution in [1.82, 2.24) is 0 Å². The van der Waals surface area contributed by atoms with Gasteiger partial charge in [-0.2, -0.15) is 0 Å². The van der Waals surface area contributed by atoms with E-state index in [4.69, 9.17) is 4.80 Å². The van der Waals surface area contributed by atoms with E-state index in [1.165, 1.54) is 0 Å². The third kappa shape index (κ3) is 13.6. The van der Waals surface area contributed by atoms with E-state index in [1.54, 1.807) is 0 Å². The van der Waals surface area contributed by atoms with Crippen LogP contribution in [-0.2, 0) is 0 Å². The zero-order valence-electron chi connectivity index (χ0n) is 2.60. The minimum atomic E-state index is 0.306. The average Bonchev–Trinajstić information content (AvgIpc) is 1.50. The Morgan fingerprint density at radius 3 is 1.25 bits per heavy atom. The van der Waals surface area contributed by atoms with Crippen molar-refractivity contribution in [3.8, 4) is 12.8 Å². The third-order valence-electron chi connectivity index (χ3n) is 0. The monoisotopic (exact) mass is 74.0 g/mol. The number of hydrogen-bond acceptors (Lipinski definition) is 1. The van der Waals surface area contributed by atoms with Crippen molar-refractivity contribution in [1.29, 1.82) is 0 Å². The van der Waals surface area contributed by atoms with Crippen LogP contribution in [0.3, 0.4) is 0 Å². The summed E-state index contributed by atoms with van der Waals surface area (Å²) in [7, 11) is 0.306. The molecule has 0 aromatic heterocycles. The lowest BCUT2D eigenvalue weighted by molar-refractivity contribution is 0.629. The van der Waals surface area contributed by atoms with E-state index in [1.807, 2.05) is 0 Å². The van der Waals surface area contributed by atoms with Crippen LogP contribution in [0.2, 0.25) is 0 Å². The van der Waals surface area contributed by atoms with E-state index < -0.39 is 0 Å². The van der Waals surface area contributed by atoms with Crippen LogP contribution in [0.4, 0.5) is 0 Å². The second kappa shape index (κ2) is 119. The van der Waals surface area contributed by atoms with E-state index in [0.717, 1.165) is 0 Å². The minimum Gasteiger partial charge on any atom is -0.442 e. The van der Waals surface area contributed by atoms with Crippen molar-refractivity contribution in [2.24, 2.45) is 0 Å². The molecule has 0 spiro atoms. The van der Waals surface area contributed by atoms with Crippen LogP contribution < -0.4 is 0 Å². The van der Waals surface area contributed by atoms with E-state index in [-0.39, 0.29) is 0 Å². The first-order valence-electron chi connectivity index (χ1n) is 0.781. The first kappa shape index (κ1) is 9.28. The van der Waals surface area contributed by atoms with Crippen molar-refractivity contribution in [2.75, 3.05) is 0 Å².